The van der Waals surface area contributed by atoms with Crippen LogP contribution in [0, 0.1) is 0 Å². The van der Waals surface area contributed by atoms with Crippen molar-refractivity contribution in [1.29, 1.82) is 0 Å². The molecule has 1 saturated heterocycles. The Bertz CT molecular complexity index is 1090. The molecule has 0 aromatic heterocycles. The van der Waals surface area contributed by atoms with Crippen LogP contribution in [0.2, 0.25) is 0 Å². The Hall–Kier alpha value is -3.02. The predicted molar refractivity (Wildman–Crippen MR) is 186 cm³/mol. The molecule has 0 spiro atoms. The second-order valence-corrected chi connectivity index (χ2v) is 12.3. The van der Waals surface area contributed by atoms with Crippen LogP contribution in [0.5, 0.6) is 11.5 Å². The van der Waals surface area contributed by atoms with E-state index in [9.17, 15) is 9.59 Å². The van der Waals surface area contributed by atoms with E-state index in [2.05, 4.69) is 23.6 Å². The average Bonchev–Trinajstić information content (AvgIpc) is 3.34. The zero-order valence-corrected chi connectivity index (χ0v) is 27.7. The van der Waals surface area contributed by atoms with Gasteiger partial charge in [0.15, 0.2) is 0 Å². The van der Waals surface area contributed by atoms with E-state index in [0.29, 0.717) is 50.8 Å². The molecule has 0 radical (unpaired) electrons. The van der Waals surface area contributed by atoms with E-state index in [4.69, 9.17) is 9.47 Å². The molecule has 1 fully saturated rings. The Kier molecular flexibility index (Phi) is 17.4. The van der Waals surface area contributed by atoms with Gasteiger partial charge in [0.05, 0.1) is 24.6 Å². The molecular weight excluding hydrogens is 548 g/mol. The third kappa shape index (κ3) is 13.3. The van der Waals surface area contributed by atoms with Gasteiger partial charge in [-0.15, -0.1) is 0 Å². The second-order valence-electron chi connectivity index (χ2n) is 12.3. The van der Waals surface area contributed by atoms with Gasteiger partial charge < -0.3 is 19.3 Å². The van der Waals surface area contributed by atoms with Crippen LogP contribution < -0.4 is 30.1 Å². The molecule has 6 heteroatoms. The first kappa shape index (κ1) is 35.5. The van der Waals surface area contributed by atoms with Crippen LogP contribution in [0.4, 0.5) is 11.4 Å². The number of anilines is 2. The Labute approximate surface area is 266 Å². The number of nitrogens with zero attached hydrogens (tertiary/aromatic N) is 2. The third-order valence-corrected chi connectivity index (χ3v) is 8.61. The number of unbranched alkanes of at least 4 members (excludes halogenated alkanes) is 14. The monoisotopic (exact) mass is 606 g/mol. The van der Waals surface area contributed by atoms with Crippen molar-refractivity contribution in [2.24, 2.45) is 0 Å². The number of hydrogen-bond acceptors (Lipinski definition) is 6. The molecule has 0 bridgehead atoms. The van der Waals surface area contributed by atoms with Crippen molar-refractivity contribution >= 4 is 11.4 Å². The third-order valence-electron chi connectivity index (χ3n) is 8.61. The van der Waals surface area contributed by atoms with E-state index in [0.717, 1.165) is 24.3 Å². The summed E-state index contributed by atoms with van der Waals surface area (Å²) >= 11 is 0. The molecule has 6 nitrogen and oxygen atoms in total. The minimum atomic E-state index is -0.00529. The summed E-state index contributed by atoms with van der Waals surface area (Å²) in [6, 6.07) is 14.4. The van der Waals surface area contributed by atoms with Gasteiger partial charge in [-0.2, -0.15) is 0 Å². The molecule has 3 rings (SSSR count). The van der Waals surface area contributed by atoms with Crippen molar-refractivity contribution in [2.75, 3.05) is 49.2 Å². The van der Waals surface area contributed by atoms with Gasteiger partial charge in [0.2, 0.25) is 10.9 Å². The lowest BCUT2D eigenvalue weighted by Crippen LogP contribution is -2.48. The van der Waals surface area contributed by atoms with Crippen LogP contribution >= 0.6 is 0 Å². The maximum atomic E-state index is 12.9. The number of piperazine rings is 1. The fraction of sp³-hybridized carbons (Fsp3) is 0.632. The fourth-order valence-corrected chi connectivity index (χ4v) is 5.84. The smallest absolute Gasteiger partial charge is 0.201 e. The average molecular weight is 607 g/mol. The Morgan fingerprint density at radius 1 is 0.455 bits per heavy atom. The highest BCUT2D eigenvalue weighted by Crippen LogP contribution is 2.19. The van der Waals surface area contributed by atoms with Gasteiger partial charge in [0.25, 0.3) is 0 Å². The Morgan fingerprint density at radius 2 is 0.773 bits per heavy atom. The summed E-state index contributed by atoms with van der Waals surface area (Å²) < 4.78 is 11.9. The topological polar surface area (TPSA) is 59.1 Å². The molecule has 244 valence electrons. The summed E-state index contributed by atoms with van der Waals surface area (Å²) in [5.41, 5.74) is 1.36. The van der Waals surface area contributed by atoms with Crippen molar-refractivity contribution in [2.45, 2.75) is 117 Å². The highest BCUT2D eigenvalue weighted by molar-refractivity contribution is 5.52. The number of hydrogen-bond donors (Lipinski definition) is 0. The van der Waals surface area contributed by atoms with Crippen LogP contribution in [0.3, 0.4) is 0 Å². The zero-order chi connectivity index (χ0) is 31.2. The lowest BCUT2D eigenvalue weighted by atomic mass is 10.1. The second kappa shape index (κ2) is 21.6. The highest BCUT2D eigenvalue weighted by Gasteiger charge is 2.20. The van der Waals surface area contributed by atoms with Crippen molar-refractivity contribution in [1.82, 2.24) is 0 Å². The van der Waals surface area contributed by atoms with E-state index in [1.165, 1.54) is 89.9 Å². The number of ether oxygens (including phenoxy) is 2. The van der Waals surface area contributed by atoms with Gasteiger partial charge in [-0.3, -0.25) is 9.59 Å². The molecule has 44 heavy (non-hydrogen) atoms. The molecule has 0 unspecified atom stereocenters. The first-order valence-electron chi connectivity index (χ1n) is 17.7. The van der Waals surface area contributed by atoms with Crippen LogP contribution in [0.1, 0.15) is 117 Å². The van der Waals surface area contributed by atoms with Gasteiger partial charge in [-0.05, 0) is 61.4 Å². The fourth-order valence-electron chi connectivity index (χ4n) is 5.84. The minimum absolute atomic E-state index is 0.00529. The number of rotatable bonds is 22. The molecule has 1 heterocycles. The van der Waals surface area contributed by atoms with Gasteiger partial charge >= 0.3 is 0 Å². The summed E-state index contributed by atoms with van der Waals surface area (Å²) in [5, 5.41) is 0. The first-order chi connectivity index (χ1) is 21.6. The maximum absolute atomic E-state index is 12.9. The Morgan fingerprint density at radius 3 is 1.14 bits per heavy atom. The molecule has 0 aliphatic carbocycles. The van der Waals surface area contributed by atoms with E-state index in [1.807, 2.05) is 24.3 Å². The predicted octanol–water partition coefficient (Wildman–Crippen LogP) is 8.77. The summed E-state index contributed by atoms with van der Waals surface area (Å²) in [5.74, 6) is 1.48. The van der Waals surface area contributed by atoms with Crippen LogP contribution in [-0.2, 0) is 0 Å². The van der Waals surface area contributed by atoms with Gasteiger partial charge in [0, 0.05) is 26.2 Å². The van der Waals surface area contributed by atoms with Crippen LogP contribution in [0.25, 0.3) is 0 Å². The van der Waals surface area contributed by atoms with E-state index < -0.39 is 0 Å². The van der Waals surface area contributed by atoms with Gasteiger partial charge in [-0.25, -0.2) is 0 Å². The Balaban J connectivity index is 1.41. The van der Waals surface area contributed by atoms with Crippen molar-refractivity contribution in [3.05, 3.63) is 69.0 Å². The molecule has 0 N–H and O–H groups in total. The van der Waals surface area contributed by atoms with Gasteiger partial charge in [-0.1, -0.05) is 104 Å². The molecule has 0 atom stereocenters. The van der Waals surface area contributed by atoms with Crippen molar-refractivity contribution in [3.63, 3.8) is 0 Å². The molecule has 0 saturated carbocycles. The normalized spacial score (nSPS) is 13.2. The summed E-state index contributed by atoms with van der Waals surface area (Å²) in [7, 11) is 0. The molecule has 2 aromatic rings. The van der Waals surface area contributed by atoms with E-state index >= 15 is 0 Å². The largest absolute Gasteiger partial charge is 0.494 e. The van der Waals surface area contributed by atoms with E-state index in [-0.39, 0.29) is 10.9 Å². The molecular formula is C38H58N2O4. The lowest BCUT2D eigenvalue weighted by molar-refractivity contribution is 0.304. The molecule has 2 aromatic carbocycles. The summed E-state index contributed by atoms with van der Waals surface area (Å²) in [6.45, 7) is 8.56. The quantitative estimate of drug-likeness (QED) is 0.125. The molecule has 1 aliphatic rings. The van der Waals surface area contributed by atoms with Crippen molar-refractivity contribution in [3.8, 4) is 11.5 Å². The highest BCUT2D eigenvalue weighted by atomic mass is 16.5. The zero-order valence-electron chi connectivity index (χ0n) is 27.7. The van der Waals surface area contributed by atoms with Gasteiger partial charge in [0.1, 0.15) is 11.5 Å². The maximum Gasteiger partial charge on any atom is 0.201 e. The SMILES string of the molecule is CCCCCCCCCCOc1ccc(N2CCN(c3ccc(OCCCCCCCCCC)ccc3=O)CC2)c(=O)cc1. The minimum Gasteiger partial charge on any atom is -0.494 e. The van der Waals surface area contributed by atoms with Crippen LogP contribution in [0.15, 0.2) is 58.1 Å². The van der Waals surface area contributed by atoms with Crippen molar-refractivity contribution < 1.29 is 9.47 Å². The molecule has 0 amide bonds. The first-order valence-corrected chi connectivity index (χ1v) is 17.7. The van der Waals surface area contributed by atoms with E-state index in [1.54, 1.807) is 24.3 Å². The summed E-state index contributed by atoms with van der Waals surface area (Å²) in [4.78, 5) is 30.0. The standard InChI is InChI=1S/C38H58N2O4/c1-3-5-7-9-11-13-15-17-31-43-33-19-23-35(37(41)25-21-33)39-27-29-40(30-28-39)36-24-20-34(22-26-38(36)42)44-32-18-16-14-12-10-8-6-4-2/h19-26H,3-18,27-32H2,1-2H3. The molecule has 1 aliphatic heterocycles. The van der Waals surface area contributed by atoms with Crippen LogP contribution in [-0.4, -0.2) is 39.4 Å². The lowest BCUT2D eigenvalue weighted by Gasteiger charge is -2.36. The summed E-state index contributed by atoms with van der Waals surface area (Å²) in [6.07, 6.45) is 20.2.